The molecule has 0 amide bonds. The number of nitrogens with zero attached hydrogens (tertiary/aromatic N) is 1. The summed E-state index contributed by atoms with van der Waals surface area (Å²) in [6.45, 7) is 4.49. The summed E-state index contributed by atoms with van der Waals surface area (Å²) in [7, 11) is 0. The van der Waals surface area contributed by atoms with Crippen LogP contribution in [0.2, 0.25) is 0 Å². The minimum Gasteiger partial charge on any atom is -0.491 e. The van der Waals surface area contributed by atoms with Crippen LogP contribution < -0.4 is 4.74 Å². The van der Waals surface area contributed by atoms with Gasteiger partial charge >= 0.3 is 5.97 Å². The molecule has 0 bridgehead atoms. The molecule has 0 aliphatic heterocycles. The van der Waals surface area contributed by atoms with Gasteiger partial charge < -0.3 is 9.47 Å². The molecule has 0 N–H and O–H groups in total. The molecule has 0 aliphatic rings. The van der Waals surface area contributed by atoms with Crippen molar-refractivity contribution in [3.05, 3.63) is 22.4 Å². The van der Waals surface area contributed by atoms with E-state index in [1.165, 1.54) is 6.20 Å². The van der Waals surface area contributed by atoms with Crippen LogP contribution in [0.15, 0.2) is 16.9 Å². The van der Waals surface area contributed by atoms with Crippen LogP contribution in [-0.4, -0.2) is 24.2 Å². The van der Waals surface area contributed by atoms with Gasteiger partial charge in [0.1, 0.15) is 4.60 Å². The highest BCUT2D eigenvalue weighted by Crippen LogP contribution is 2.23. The number of hydrogen-bond donors (Lipinski definition) is 0. The van der Waals surface area contributed by atoms with Gasteiger partial charge in [-0.05, 0) is 35.8 Å². The van der Waals surface area contributed by atoms with Crippen molar-refractivity contribution >= 4 is 21.9 Å². The second kappa shape index (κ2) is 5.70. The van der Waals surface area contributed by atoms with Gasteiger partial charge in [0.25, 0.3) is 0 Å². The Morgan fingerprint density at radius 2 is 2.20 bits per heavy atom. The highest BCUT2D eigenvalue weighted by Gasteiger charge is 2.10. The number of aromatic nitrogens is 1. The number of carbonyl (C=O) groups excluding carboxylic acids is 1. The molecular formula is C10H12BrNO3. The number of carbonyl (C=O) groups is 1. The van der Waals surface area contributed by atoms with E-state index in [1.807, 2.05) is 6.92 Å². The van der Waals surface area contributed by atoms with Gasteiger partial charge in [0.15, 0.2) is 5.75 Å². The molecule has 0 radical (unpaired) electrons. The first-order valence-corrected chi connectivity index (χ1v) is 5.43. The van der Waals surface area contributed by atoms with Crippen LogP contribution in [0.4, 0.5) is 0 Å². The first-order chi connectivity index (χ1) is 7.19. The van der Waals surface area contributed by atoms with Crippen LogP contribution in [0.5, 0.6) is 5.75 Å². The number of pyridine rings is 1. The summed E-state index contributed by atoms with van der Waals surface area (Å²) >= 11 is 3.23. The predicted octanol–water partition coefficient (Wildman–Crippen LogP) is 2.42. The molecule has 4 nitrogen and oxygen atoms in total. The van der Waals surface area contributed by atoms with Gasteiger partial charge in [-0.3, -0.25) is 0 Å². The lowest BCUT2D eigenvalue weighted by Crippen LogP contribution is -2.06. The number of ether oxygens (including phenoxy) is 2. The van der Waals surface area contributed by atoms with Crippen molar-refractivity contribution < 1.29 is 14.3 Å². The molecule has 0 unspecified atom stereocenters. The summed E-state index contributed by atoms with van der Waals surface area (Å²) in [5.74, 6) is 0.154. The predicted molar refractivity (Wildman–Crippen MR) is 59.1 cm³/mol. The quantitative estimate of drug-likeness (QED) is 0.625. The average Bonchev–Trinajstić information content (AvgIpc) is 2.22. The number of halogens is 1. The average molecular weight is 274 g/mol. The molecule has 1 aromatic heterocycles. The number of hydrogen-bond acceptors (Lipinski definition) is 4. The van der Waals surface area contributed by atoms with Gasteiger partial charge in [0.05, 0.1) is 18.8 Å². The number of esters is 1. The van der Waals surface area contributed by atoms with Gasteiger partial charge in [0, 0.05) is 6.20 Å². The Hall–Kier alpha value is -1.10. The van der Waals surface area contributed by atoms with Crippen molar-refractivity contribution in [2.75, 3.05) is 13.2 Å². The van der Waals surface area contributed by atoms with Gasteiger partial charge in [-0.2, -0.15) is 0 Å². The van der Waals surface area contributed by atoms with Gasteiger partial charge in [0.2, 0.25) is 0 Å². The van der Waals surface area contributed by atoms with E-state index in [1.54, 1.807) is 13.0 Å². The van der Waals surface area contributed by atoms with E-state index in [4.69, 9.17) is 9.47 Å². The summed E-state index contributed by atoms with van der Waals surface area (Å²) < 4.78 is 10.7. The Bertz CT molecular complexity index is 355. The van der Waals surface area contributed by atoms with E-state index < -0.39 is 5.97 Å². The topological polar surface area (TPSA) is 48.4 Å². The van der Waals surface area contributed by atoms with Crippen LogP contribution in [-0.2, 0) is 4.74 Å². The normalized spacial score (nSPS) is 9.80. The lowest BCUT2D eigenvalue weighted by molar-refractivity contribution is 0.0525. The zero-order chi connectivity index (χ0) is 11.3. The first-order valence-electron chi connectivity index (χ1n) is 4.64. The van der Waals surface area contributed by atoms with Gasteiger partial charge in [-0.1, -0.05) is 0 Å². The van der Waals surface area contributed by atoms with E-state index in [0.717, 1.165) is 0 Å². The highest BCUT2D eigenvalue weighted by molar-refractivity contribution is 9.10. The maximum absolute atomic E-state index is 11.4. The first kappa shape index (κ1) is 12.0. The van der Waals surface area contributed by atoms with E-state index in [0.29, 0.717) is 29.1 Å². The van der Waals surface area contributed by atoms with Crippen LogP contribution in [0.3, 0.4) is 0 Å². The van der Waals surface area contributed by atoms with Crippen LogP contribution in [0.1, 0.15) is 24.2 Å². The lowest BCUT2D eigenvalue weighted by atomic mass is 10.3. The maximum atomic E-state index is 11.4. The minimum atomic E-state index is -0.390. The van der Waals surface area contributed by atoms with Crippen LogP contribution in [0, 0.1) is 0 Å². The molecule has 15 heavy (non-hydrogen) atoms. The molecule has 1 aromatic rings. The fraction of sp³-hybridized carbons (Fsp3) is 0.400. The molecule has 0 spiro atoms. The minimum absolute atomic E-state index is 0.346. The van der Waals surface area contributed by atoms with E-state index in [-0.39, 0.29) is 0 Å². The molecule has 0 fully saturated rings. The fourth-order valence-corrected chi connectivity index (χ4v) is 1.34. The Morgan fingerprint density at radius 1 is 1.47 bits per heavy atom. The second-order valence-electron chi connectivity index (χ2n) is 2.67. The Labute approximate surface area is 96.7 Å². The van der Waals surface area contributed by atoms with Crippen molar-refractivity contribution in [1.29, 1.82) is 0 Å². The molecule has 5 heteroatoms. The van der Waals surface area contributed by atoms with E-state index in [2.05, 4.69) is 20.9 Å². The molecule has 1 heterocycles. The smallest absolute Gasteiger partial charge is 0.339 e. The SMILES string of the molecule is CCOC(=O)c1cnc(Br)c(OCC)c1. The van der Waals surface area contributed by atoms with E-state index >= 15 is 0 Å². The Balaban J connectivity index is 2.91. The van der Waals surface area contributed by atoms with Crippen molar-refractivity contribution in [2.24, 2.45) is 0 Å². The summed E-state index contributed by atoms with van der Waals surface area (Å²) in [6, 6.07) is 1.61. The Kier molecular flexibility index (Phi) is 4.55. The number of rotatable bonds is 4. The van der Waals surface area contributed by atoms with Crippen molar-refractivity contribution in [2.45, 2.75) is 13.8 Å². The molecule has 0 atom stereocenters. The molecule has 0 aromatic carbocycles. The monoisotopic (exact) mass is 273 g/mol. The summed E-state index contributed by atoms with van der Waals surface area (Å²) in [4.78, 5) is 15.4. The van der Waals surface area contributed by atoms with E-state index in [9.17, 15) is 4.79 Å². The van der Waals surface area contributed by atoms with Crippen molar-refractivity contribution in [3.63, 3.8) is 0 Å². The van der Waals surface area contributed by atoms with Gasteiger partial charge in [-0.25, -0.2) is 9.78 Å². The molecular weight excluding hydrogens is 262 g/mol. The van der Waals surface area contributed by atoms with Crippen molar-refractivity contribution in [3.8, 4) is 5.75 Å². The zero-order valence-electron chi connectivity index (χ0n) is 8.62. The molecule has 0 saturated heterocycles. The third kappa shape index (κ3) is 3.20. The van der Waals surface area contributed by atoms with Crippen LogP contribution >= 0.6 is 15.9 Å². The Morgan fingerprint density at radius 3 is 2.80 bits per heavy atom. The lowest BCUT2D eigenvalue weighted by Gasteiger charge is -2.06. The molecule has 0 aliphatic carbocycles. The van der Waals surface area contributed by atoms with Gasteiger partial charge in [-0.15, -0.1) is 0 Å². The van der Waals surface area contributed by atoms with Crippen molar-refractivity contribution in [1.82, 2.24) is 4.98 Å². The third-order valence-electron chi connectivity index (χ3n) is 1.62. The fourth-order valence-electron chi connectivity index (χ4n) is 1.01. The second-order valence-corrected chi connectivity index (χ2v) is 3.42. The summed E-state index contributed by atoms with van der Waals surface area (Å²) in [5.41, 5.74) is 0.392. The zero-order valence-corrected chi connectivity index (χ0v) is 10.2. The molecule has 1 rings (SSSR count). The molecule has 82 valence electrons. The summed E-state index contributed by atoms with van der Waals surface area (Å²) in [6.07, 6.45) is 1.45. The highest BCUT2D eigenvalue weighted by atomic mass is 79.9. The maximum Gasteiger partial charge on any atom is 0.339 e. The third-order valence-corrected chi connectivity index (χ3v) is 2.21. The standard InChI is InChI=1S/C10H12BrNO3/c1-3-14-8-5-7(6-12-9(8)11)10(13)15-4-2/h5-6H,3-4H2,1-2H3. The molecule has 0 saturated carbocycles. The van der Waals surface area contributed by atoms with Crippen LogP contribution in [0.25, 0.3) is 0 Å². The summed E-state index contributed by atoms with van der Waals surface area (Å²) in [5, 5.41) is 0. The largest absolute Gasteiger partial charge is 0.491 e.